The monoisotopic (exact) mass is 369 g/mol. The van der Waals surface area contributed by atoms with Crippen molar-refractivity contribution >= 4 is 34.7 Å². The molecule has 0 saturated carbocycles. The van der Waals surface area contributed by atoms with Crippen LogP contribution in [0.5, 0.6) is 0 Å². The van der Waals surface area contributed by atoms with Crippen LogP contribution in [0, 0.1) is 0 Å². The summed E-state index contributed by atoms with van der Waals surface area (Å²) in [5, 5.41) is 8.20. The van der Waals surface area contributed by atoms with Crippen LogP contribution in [0.1, 0.15) is 10.4 Å². The zero-order valence-corrected chi connectivity index (χ0v) is 15.5. The van der Waals surface area contributed by atoms with Crippen LogP contribution in [0.2, 0.25) is 0 Å². The molecule has 0 spiro atoms. The molecule has 1 aliphatic heterocycles. The van der Waals surface area contributed by atoms with Gasteiger partial charge in [0, 0.05) is 38.1 Å². The maximum absolute atomic E-state index is 12.9. The average molecular weight is 369 g/mol. The second-order valence-electron chi connectivity index (χ2n) is 6.06. The Morgan fingerprint density at radius 1 is 1.12 bits per heavy atom. The molecule has 3 heterocycles. The normalized spacial score (nSPS) is 14.8. The van der Waals surface area contributed by atoms with Gasteiger partial charge in [0.2, 0.25) is 0 Å². The van der Waals surface area contributed by atoms with Crippen molar-refractivity contribution in [2.24, 2.45) is 7.05 Å². The van der Waals surface area contributed by atoms with Gasteiger partial charge < -0.3 is 9.80 Å². The number of hydrogen-bond acceptors (Lipinski definition) is 7. The Bertz CT molecular complexity index is 949. The highest BCUT2D eigenvalue weighted by molar-refractivity contribution is 7.98. The highest BCUT2D eigenvalue weighted by Crippen LogP contribution is 2.24. The number of anilines is 1. The third-order valence-electron chi connectivity index (χ3n) is 4.57. The minimum Gasteiger partial charge on any atom is -0.351 e. The van der Waals surface area contributed by atoms with Crippen molar-refractivity contribution in [2.75, 3.05) is 37.3 Å². The number of hydrogen-bond donors (Lipinski definition) is 0. The highest BCUT2D eigenvalue weighted by atomic mass is 32.2. The van der Waals surface area contributed by atoms with Crippen LogP contribution in [0.15, 0.2) is 35.5 Å². The summed E-state index contributed by atoms with van der Waals surface area (Å²) in [6, 6.07) is 7.75. The Kier molecular flexibility index (Phi) is 4.46. The second kappa shape index (κ2) is 6.91. The van der Waals surface area contributed by atoms with Gasteiger partial charge in [0.05, 0.1) is 5.56 Å². The van der Waals surface area contributed by atoms with Crippen LogP contribution < -0.4 is 4.90 Å². The van der Waals surface area contributed by atoms with Gasteiger partial charge in [-0.2, -0.15) is 0 Å². The number of rotatable bonds is 3. The Morgan fingerprint density at radius 3 is 2.65 bits per heavy atom. The molecule has 4 rings (SSSR count). The molecule has 9 heteroatoms. The van der Waals surface area contributed by atoms with Gasteiger partial charge in [0.25, 0.3) is 5.91 Å². The molecule has 1 saturated heterocycles. The molecule has 0 aliphatic carbocycles. The van der Waals surface area contributed by atoms with E-state index in [1.54, 1.807) is 16.4 Å². The fourth-order valence-electron chi connectivity index (χ4n) is 3.19. The Balaban J connectivity index is 1.51. The van der Waals surface area contributed by atoms with Crippen LogP contribution in [0.25, 0.3) is 11.2 Å². The molecule has 26 heavy (non-hydrogen) atoms. The average Bonchev–Trinajstić information content (AvgIpc) is 3.09. The third kappa shape index (κ3) is 2.88. The quantitative estimate of drug-likeness (QED) is 0.646. The van der Waals surface area contributed by atoms with Gasteiger partial charge >= 0.3 is 0 Å². The topological polar surface area (TPSA) is 80.0 Å². The lowest BCUT2D eigenvalue weighted by Gasteiger charge is -2.35. The SMILES string of the molecule is CSc1ccccc1C(=O)N1CCN(c2ncnc3c2nnn3C)CC1. The number of aromatic nitrogens is 5. The highest BCUT2D eigenvalue weighted by Gasteiger charge is 2.26. The molecule has 1 aliphatic rings. The molecule has 0 bridgehead atoms. The number of fused-ring (bicyclic) bond motifs is 1. The van der Waals surface area contributed by atoms with E-state index >= 15 is 0 Å². The number of carbonyl (C=O) groups excluding carboxylic acids is 1. The van der Waals surface area contributed by atoms with Crippen LogP contribution in [0.3, 0.4) is 0 Å². The molecule has 1 fully saturated rings. The Labute approximate surface area is 155 Å². The van der Waals surface area contributed by atoms with Crippen molar-refractivity contribution in [2.45, 2.75) is 4.90 Å². The number of piperazine rings is 1. The number of carbonyl (C=O) groups is 1. The molecule has 0 radical (unpaired) electrons. The number of aryl methyl sites for hydroxylation is 1. The molecular formula is C17H19N7OS. The predicted octanol–water partition coefficient (Wildman–Crippen LogP) is 1.44. The van der Waals surface area contributed by atoms with Gasteiger partial charge in [-0.3, -0.25) is 4.79 Å². The molecule has 3 aromatic rings. The van der Waals surface area contributed by atoms with Crippen molar-refractivity contribution in [1.29, 1.82) is 0 Å². The van der Waals surface area contributed by atoms with E-state index < -0.39 is 0 Å². The zero-order valence-electron chi connectivity index (χ0n) is 14.7. The van der Waals surface area contributed by atoms with E-state index in [1.807, 2.05) is 42.5 Å². The van der Waals surface area contributed by atoms with Crippen LogP contribution >= 0.6 is 11.8 Å². The first-order valence-electron chi connectivity index (χ1n) is 8.36. The zero-order chi connectivity index (χ0) is 18.1. The standard InChI is InChI=1S/C17H19N7OS/c1-22-15-14(20-21-22)16(19-11-18-15)23-7-9-24(10-8-23)17(25)12-5-3-4-6-13(12)26-2/h3-6,11H,7-10H2,1-2H3. The van der Waals surface area contributed by atoms with E-state index in [-0.39, 0.29) is 5.91 Å². The lowest BCUT2D eigenvalue weighted by atomic mass is 10.2. The van der Waals surface area contributed by atoms with Crippen LogP contribution in [-0.4, -0.2) is 68.2 Å². The third-order valence-corrected chi connectivity index (χ3v) is 5.37. The van der Waals surface area contributed by atoms with Crippen molar-refractivity contribution < 1.29 is 4.79 Å². The van der Waals surface area contributed by atoms with Gasteiger partial charge in [0.1, 0.15) is 6.33 Å². The fourth-order valence-corrected chi connectivity index (χ4v) is 3.78. The fraction of sp³-hybridized carbons (Fsp3) is 0.353. The van der Waals surface area contributed by atoms with E-state index in [4.69, 9.17) is 0 Å². The molecule has 134 valence electrons. The molecule has 2 aromatic heterocycles. The molecule has 1 amide bonds. The first kappa shape index (κ1) is 16.8. The molecule has 8 nitrogen and oxygen atoms in total. The number of nitrogens with zero attached hydrogens (tertiary/aromatic N) is 7. The maximum atomic E-state index is 12.9. The molecule has 0 N–H and O–H groups in total. The van der Waals surface area contributed by atoms with E-state index in [2.05, 4.69) is 25.2 Å². The summed E-state index contributed by atoms with van der Waals surface area (Å²) >= 11 is 1.60. The summed E-state index contributed by atoms with van der Waals surface area (Å²) in [6.45, 7) is 2.70. The van der Waals surface area contributed by atoms with Gasteiger partial charge in [0.15, 0.2) is 17.0 Å². The summed E-state index contributed by atoms with van der Waals surface area (Å²) in [4.78, 5) is 26.6. The minimum absolute atomic E-state index is 0.0851. The summed E-state index contributed by atoms with van der Waals surface area (Å²) in [5.41, 5.74) is 2.18. The maximum Gasteiger partial charge on any atom is 0.255 e. The van der Waals surface area contributed by atoms with E-state index in [9.17, 15) is 4.79 Å². The summed E-state index contributed by atoms with van der Waals surface area (Å²) in [6.07, 6.45) is 3.53. The van der Waals surface area contributed by atoms with Crippen molar-refractivity contribution in [3.05, 3.63) is 36.2 Å². The van der Waals surface area contributed by atoms with Crippen molar-refractivity contribution in [3.63, 3.8) is 0 Å². The summed E-state index contributed by atoms with van der Waals surface area (Å²) in [7, 11) is 1.81. The Hall–Kier alpha value is -2.68. The summed E-state index contributed by atoms with van der Waals surface area (Å²) in [5.74, 6) is 0.863. The molecule has 0 unspecified atom stereocenters. The smallest absolute Gasteiger partial charge is 0.255 e. The van der Waals surface area contributed by atoms with E-state index in [0.29, 0.717) is 37.3 Å². The lowest BCUT2D eigenvalue weighted by molar-refractivity contribution is 0.0743. The van der Waals surface area contributed by atoms with Gasteiger partial charge in [-0.05, 0) is 18.4 Å². The van der Waals surface area contributed by atoms with Crippen LogP contribution in [-0.2, 0) is 7.05 Å². The number of amides is 1. The number of thioether (sulfide) groups is 1. The van der Waals surface area contributed by atoms with Crippen molar-refractivity contribution in [1.82, 2.24) is 29.9 Å². The largest absolute Gasteiger partial charge is 0.351 e. The van der Waals surface area contributed by atoms with Gasteiger partial charge in [-0.1, -0.05) is 17.3 Å². The van der Waals surface area contributed by atoms with E-state index in [1.165, 1.54) is 6.33 Å². The summed E-state index contributed by atoms with van der Waals surface area (Å²) < 4.78 is 1.64. The lowest BCUT2D eigenvalue weighted by Crippen LogP contribution is -2.49. The first-order valence-corrected chi connectivity index (χ1v) is 9.59. The van der Waals surface area contributed by atoms with E-state index in [0.717, 1.165) is 16.3 Å². The molecule has 1 aromatic carbocycles. The minimum atomic E-state index is 0.0851. The molecular weight excluding hydrogens is 350 g/mol. The van der Waals surface area contributed by atoms with Gasteiger partial charge in [-0.15, -0.1) is 16.9 Å². The second-order valence-corrected chi connectivity index (χ2v) is 6.91. The predicted molar refractivity (Wildman–Crippen MR) is 100 cm³/mol. The Morgan fingerprint density at radius 2 is 1.88 bits per heavy atom. The van der Waals surface area contributed by atoms with Gasteiger partial charge in [-0.25, -0.2) is 14.6 Å². The van der Waals surface area contributed by atoms with Crippen molar-refractivity contribution in [3.8, 4) is 0 Å². The first-order chi connectivity index (χ1) is 12.7. The number of benzene rings is 1. The molecule has 0 atom stereocenters. The van der Waals surface area contributed by atoms with Crippen LogP contribution in [0.4, 0.5) is 5.82 Å².